The molecular formula is C23H25N3. The van der Waals surface area contributed by atoms with Crippen LogP contribution < -0.4 is 0 Å². The van der Waals surface area contributed by atoms with E-state index in [0.29, 0.717) is 0 Å². The van der Waals surface area contributed by atoms with Crippen LogP contribution in [0.4, 0.5) is 0 Å². The third-order valence-corrected chi connectivity index (χ3v) is 5.82. The summed E-state index contributed by atoms with van der Waals surface area (Å²) in [5.74, 6) is 0. The van der Waals surface area contributed by atoms with Gasteiger partial charge in [0.1, 0.15) is 0 Å². The summed E-state index contributed by atoms with van der Waals surface area (Å²) in [5.41, 5.74) is 8.07. The SMILES string of the molecule is C1=C2C1=C(c1cncc(-c3ccccc3)c1)CN2CCN1CCCCC1. The Kier molecular flexibility index (Phi) is 4.10. The molecule has 0 amide bonds. The molecule has 0 radical (unpaired) electrons. The van der Waals surface area contributed by atoms with E-state index in [0.717, 1.165) is 13.1 Å². The van der Waals surface area contributed by atoms with E-state index in [9.17, 15) is 0 Å². The number of nitrogens with zero attached hydrogens (tertiary/aromatic N) is 3. The van der Waals surface area contributed by atoms with Crippen molar-refractivity contribution in [3.05, 3.63) is 71.7 Å². The van der Waals surface area contributed by atoms with Crippen molar-refractivity contribution in [1.29, 1.82) is 0 Å². The van der Waals surface area contributed by atoms with E-state index in [2.05, 4.69) is 57.3 Å². The summed E-state index contributed by atoms with van der Waals surface area (Å²) in [6.45, 7) is 5.94. The Balaban J connectivity index is 1.28. The number of rotatable bonds is 5. The minimum Gasteiger partial charge on any atom is -0.365 e. The molecule has 0 unspecified atom stereocenters. The first-order chi connectivity index (χ1) is 12.9. The zero-order valence-corrected chi connectivity index (χ0v) is 15.2. The molecule has 3 heteroatoms. The van der Waals surface area contributed by atoms with Gasteiger partial charge in [0.05, 0.1) is 0 Å². The topological polar surface area (TPSA) is 19.4 Å². The van der Waals surface area contributed by atoms with Gasteiger partial charge in [-0.3, -0.25) is 4.98 Å². The fourth-order valence-electron chi connectivity index (χ4n) is 4.25. The van der Waals surface area contributed by atoms with Crippen LogP contribution >= 0.6 is 0 Å². The van der Waals surface area contributed by atoms with Crippen molar-refractivity contribution < 1.29 is 0 Å². The van der Waals surface area contributed by atoms with Gasteiger partial charge >= 0.3 is 0 Å². The van der Waals surface area contributed by atoms with Crippen LogP contribution in [-0.4, -0.2) is 47.5 Å². The lowest BCUT2D eigenvalue weighted by Crippen LogP contribution is -2.36. The minimum absolute atomic E-state index is 1.04. The molecule has 2 aliphatic heterocycles. The van der Waals surface area contributed by atoms with Crippen LogP contribution in [0.3, 0.4) is 0 Å². The number of allylic oxidation sites excluding steroid dienone is 2. The fourth-order valence-corrected chi connectivity index (χ4v) is 4.25. The minimum atomic E-state index is 1.04. The molecule has 1 aliphatic carbocycles. The predicted octanol–water partition coefficient (Wildman–Crippen LogP) is 4.20. The van der Waals surface area contributed by atoms with Gasteiger partial charge in [0, 0.05) is 48.9 Å². The smallest absolute Gasteiger partial charge is 0.0454 e. The number of aromatic nitrogens is 1. The van der Waals surface area contributed by atoms with Crippen LogP contribution in [0.5, 0.6) is 0 Å². The number of hydrogen-bond donors (Lipinski definition) is 0. The van der Waals surface area contributed by atoms with Crippen LogP contribution in [-0.2, 0) is 0 Å². The zero-order chi connectivity index (χ0) is 17.3. The molecule has 132 valence electrons. The molecule has 0 bridgehead atoms. The van der Waals surface area contributed by atoms with Crippen LogP contribution in [0, 0.1) is 0 Å². The van der Waals surface area contributed by atoms with E-state index in [4.69, 9.17) is 0 Å². The van der Waals surface area contributed by atoms with Gasteiger partial charge in [0.25, 0.3) is 0 Å². The Morgan fingerprint density at radius 2 is 1.65 bits per heavy atom. The number of piperidine rings is 1. The van der Waals surface area contributed by atoms with Crippen LogP contribution in [0.2, 0.25) is 0 Å². The van der Waals surface area contributed by atoms with Gasteiger partial charge in [-0.05, 0) is 54.8 Å². The van der Waals surface area contributed by atoms with Crippen LogP contribution in [0.25, 0.3) is 16.7 Å². The summed E-state index contributed by atoms with van der Waals surface area (Å²) >= 11 is 0. The summed E-state index contributed by atoms with van der Waals surface area (Å²) in [4.78, 5) is 9.70. The van der Waals surface area contributed by atoms with E-state index in [1.54, 1.807) is 0 Å². The maximum atomic E-state index is 4.52. The molecular weight excluding hydrogens is 318 g/mol. The lowest BCUT2D eigenvalue weighted by Gasteiger charge is -2.29. The molecule has 1 fully saturated rings. The second-order valence-electron chi connectivity index (χ2n) is 7.57. The first kappa shape index (κ1) is 15.8. The highest BCUT2D eigenvalue weighted by Crippen LogP contribution is 2.45. The number of fused-ring (bicyclic) bond motifs is 1. The molecule has 5 rings (SSSR count). The first-order valence-electron chi connectivity index (χ1n) is 9.82. The maximum Gasteiger partial charge on any atom is 0.0454 e. The first-order valence-corrected chi connectivity index (χ1v) is 9.82. The van der Waals surface area contributed by atoms with E-state index in [1.807, 2.05) is 12.4 Å². The van der Waals surface area contributed by atoms with Crippen molar-refractivity contribution >= 4 is 5.57 Å². The predicted molar refractivity (Wildman–Crippen MR) is 107 cm³/mol. The Morgan fingerprint density at radius 3 is 2.50 bits per heavy atom. The molecule has 3 heterocycles. The van der Waals surface area contributed by atoms with Crippen molar-refractivity contribution in [2.24, 2.45) is 0 Å². The van der Waals surface area contributed by atoms with Gasteiger partial charge in [-0.25, -0.2) is 0 Å². The highest BCUT2D eigenvalue weighted by molar-refractivity contribution is 5.87. The van der Waals surface area contributed by atoms with Crippen LogP contribution in [0.15, 0.2) is 66.1 Å². The second-order valence-corrected chi connectivity index (χ2v) is 7.57. The van der Waals surface area contributed by atoms with Gasteiger partial charge in [-0.2, -0.15) is 0 Å². The number of likely N-dealkylation sites (tertiary alicyclic amines) is 1. The quantitative estimate of drug-likeness (QED) is 0.811. The maximum absolute atomic E-state index is 4.52. The molecule has 0 N–H and O–H groups in total. The lowest BCUT2D eigenvalue weighted by atomic mass is 10.0. The molecule has 3 aliphatic rings. The van der Waals surface area contributed by atoms with Crippen molar-refractivity contribution in [3.8, 4) is 11.1 Å². The monoisotopic (exact) mass is 343 g/mol. The van der Waals surface area contributed by atoms with Crippen molar-refractivity contribution in [2.75, 3.05) is 32.7 Å². The Bertz CT molecular complexity index is 860. The molecule has 0 atom stereocenters. The van der Waals surface area contributed by atoms with E-state index >= 15 is 0 Å². The van der Waals surface area contributed by atoms with Gasteiger partial charge in [-0.1, -0.05) is 36.8 Å². The number of benzene rings is 1. The standard InChI is InChI=1S/C23H25N3/c1-3-7-18(8-4-1)19-13-20(16-24-15-19)22-17-26(23-14-21(22)23)12-11-25-9-5-2-6-10-25/h1,3-4,7-8,13-16H,2,5-6,9-12,17H2. The molecule has 0 saturated carbocycles. The van der Waals surface area contributed by atoms with Crippen molar-refractivity contribution in [3.63, 3.8) is 0 Å². The van der Waals surface area contributed by atoms with Gasteiger partial charge in [-0.15, -0.1) is 0 Å². The normalized spacial score (nSPS) is 19.5. The molecule has 3 nitrogen and oxygen atoms in total. The Hall–Kier alpha value is -2.39. The largest absolute Gasteiger partial charge is 0.365 e. The summed E-state index contributed by atoms with van der Waals surface area (Å²) in [5, 5.41) is 0. The Morgan fingerprint density at radius 1 is 0.846 bits per heavy atom. The Labute approximate surface area is 155 Å². The highest BCUT2D eigenvalue weighted by Gasteiger charge is 2.35. The van der Waals surface area contributed by atoms with Gasteiger partial charge < -0.3 is 9.80 Å². The molecule has 1 aromatic heterocycles. The van der Waals surface area contributed by atoms with Gasteiger partial charge in [0.15, 0.2) is 0 Å². The van der Waals surface area contributed by atoms with E-state index in [1.165, 1.54) is 72.4 Å². The zero-order valence-electron chi connectivity index (χ0n) is 15.2. The van der Waals surface area contributed by atoms with E-state index < -0.39 is 0 Å². The third kappa shape index (κ3) is 3.08. The summed E-state index contributed by atoms with van der Waals surface area (Å²) in [6, 6.07) is 12.8. The molecule has 0 spiro atoms. The average Bonchev–Trinajstić information content (AvgIpc) is 3.43. The number of pyridine rings is 1. The second kappa shape index (κ2) is 6.73. The molecule has 1 saturated heterocycles. The molecule has 2 aromatic rings. The lowest BCUT2D eigenvalue weighted by molar-refractivity contribution is 0.208. The summed E-state index contributed by atoms with van der Waals surface area (Å²) in [7, 11) is 0. The molecule has 26 heavy (non-hydrogen) atoms. The number of hydrogen-bond acceptors (Lipinski definition) is 3. The van der Waals surface area contributed by atoms with E-state index in [-0.39, 0.29) is 0 Å². The fraction of sp³-hybridized carbons (Fsp3) is 0.348. The average molecular weight is 343 g/mol. The van der Waals surface area contributed by atoms with Crippen molar-refractivity contribution in [2.45, 2.75) is 19.3 Å². The molecule has 1 aromatic carbocycles. The third-order valence-electron chi connectivity index (χ3n) is 5.82. The summed E-state index contributed by atoms with van der Waals surface area (Å²) in [6.07, 6.45) is 10.5. The van der Waals surface area contributed by atoms with Gasteiger partial charge in [0.2, 0.25) is 0 Å². The van der Waals surface area contributed by atoms with Crippen LogP contribution in [0.1, 0.15) is 24.8 Å². The highest BCUT2D eigenvalue weighted by atomic mass is 15.2. The van der Waals surface area contributed by atoms with Crippen molar-refractivity contribution in [1.82, 2.24) is 14.8 Å². The summed E-state index contributed by atoms with van der Waals surface area (Å²) < 4.78 is 0.